The molecule has 1 heterocycles. The Morgan fingerprint density at radius 2 is 1.92 bits per heavy atom. The molecule has 0 aromatic rings. The summed E-state index contributed by atoms with van der Waals surface area (Å²) in [5.41, 5.74) is 0. The molecule has 0 aromatic carbocycles. The summed E-state index contributed by atoms with van der Waals surface area (Å²) < 4.78 is 0. The van der Waals surface area contributed by atoms with Gasteiger partial charge in [-0.15, -0.1) is 0 Å². The maximum atomic E-state index is 11.2. The lowest BCUT2D eigenvalue weighted by Crippen LogP contribution is -2.43. The average Bonchev–Trinajstić information content (AvgIpc) is 2.13. The SMILES string of the molecule is CC.CN1CCC(N(C)C)CC1=O. The van der Waals surface area contributed by atoms with Crippen molar-refractivity contribution in [1.29, 1.82) is 0 Å². The van der Waals surface area contributed by atoms with E-state index in [1.807, 2.05) is 35.0 Å². The van der Waals surface area contributed by atoms with Crippen LogP contribution in [0, 0.1) is 0 Å². The van der Waals surface area contributed by atoms with Crippen molar-refractivity contribution in [2.45, 2.75) is 32.7 Å². The van der Waals surface area contributed by atoms with Gasteiger partial charge in [0, 0.05) is 26.1 Å². The van der Waals surface area contributed by atoms with Gasteiger partial charge in [-0.2, -0.15) is 0 Å². The molecule has 0 aliphatic carbocycles. The van der Waals surface area contributed by atoms with Crippen LogP contribution in [0.2, 0.25) is 0 Å². The molecule has 13 heavy (non-hydrogen) atoms. The van der Waals surface area contributed by atoms with Gasteiger partial charge in [-0.3, -0.25) is 4.79 Å². The highest BCUT2D eigenvalue weighted by Crippen LogP contribution is 2.13. The highest BCUT2D eigenvalue weighted by atomic mass is 16.2. The Balaban J connectivity index is 0.000000671. The van der Waals surface area contributed by atoms with Crippen molar-refractivity contribution in [1.82, 2.24) is 9.80 Å². The first kappa shape index (κ1) is 12.4. The first-order chi connectivity index (χ1) is 6.11. The van der Waals surface area contributed by atoms with Gasteiger partial charge in [-0.05, 0) is 20.5 Å². The molecule has 1 saturated heterocycles. The fraction of sp³-hybridized carbons (Fsp3) is 0.900. The highest BCUT2D eigenvalue weighted by Gasteiger charge is 2.23. The minimum atomic E-state index is 0.273. The number of piperidine rings is 1. The number of nitrogens with zero attached hydrogens (tertiary/aromatic N) is 2. The number of hydrogen-bond acceptors (Lipinski definition) is 2. The van der Waals surface area contributed by atoms with E-state index in [0.717, 1.165) is 13.0 Å². The van der Waals surface area contributed by atoms with E-state index in [0.29, 0.717) is 12.5 Å². The molecule has 0 radical (unpaired) electrons. The molecule has 0 spiro atoms. The predicted molar refractivity (Wildman–Crippen MR) is 55.7 cm³/mol. The van der Waals surface area contributed by atoms with Crippen LogP contribution < -0.4 is 0 Å². The number of hydrogen-bond donors (Lipinski definition) is 0. The fourth-order valence-corrected chi connectivity index (χ4v) is 1.37. The average molecular weight is 186 g/mol. The summed E-state index contributed by atoms with van der Waals surface area (Å²) >= 11 is 0. The van der Waals surface area contributed by atoms with Crippen molar-refractivity contribution in [3.63, 3.8) is 0 Å². The van der Waals surface area contributed by atoms with Gasteiger partial charge in [0.2, 0.25) is 5.91 Å². The predicted octanol–water partition coefficient (Wildman–Crippen LogP) is 1.20. The quantitative estimate of drug-likeness (QED) is 0.614. The molecule has 1 aliphatic heterocycles. The summed E-state index contributed by atoms with van der Waals surface area (Å²) in [5.74, 6) is 0.273. The third kappa shape index (κ3) is 3.77. The van der Waals surface area contributed by atoms with Crippen molar-refractivity contribution >= 4 is 5.91 Å². The Hall–Kier alpha value is -0.570. The van der Waals surface area contributed by atoms with E-state index in [4.69, 9.17) is 0 Å². The minimum Gasteiger partial charge on any atom is -0.346 e. The third-order valence-electron chi connectivity index (χ3n) is 2.36. The third-order valence-corrected chi connectivity index (χ3v) is 2.36. The van der Waals surface area contributed by atoms with Crippen LogP contribution >= 0.6 is 0 Å². The molecular formula is C10H22N2O. The molecule has 1 unspecified atom stereocenters. The van der Waals surface area contributed by atoms with E-state index in [1.165, 1.54) is 0 Å². The normalized spacial score (nSPS) is 22.8. The van der Waals surface area contributed by atoms with Crippen LogP contribution in [0.15, 0.2) is 0 Å². The fourth-order valence-electron chi connectivity index (χ4n) is 1.37. The molecule has 3 heteroatoms. The zero-order chi connectivity index (χ0) is 10.4. The Morgan fingerprint density at radius 1 is 1.38 bits per heavy atom. The van der Waals surface area contributed by atoms with Gasteiger partial charge >= 0.3 is 0 Å². The molecule has 0 N–H and O–H groups in total. The van der Waals surface area contributed by atoms with Crippen molar-refractivity contribution in [3.8, 4) is 0 Å². The molecule has 0 bridgehead atoms. The number of likely N-dealkylation sites (tertiary alicyclic amines) is 1. The Labute approximate surface area is 81.7 Å². The summed E-state index contributed by atoms with van der Waals surface area (Å²) in [6, 6.07) is 0.457. The van der Waals surface area contributed by atoms with Gasteiger partial charge < -0.3 is 9.80 Å². The topological polar surface area (TPSA) is 23.6 Å². The second kappa shape index (κ2) is 5.97. The molecule has 1 fully saturated rings. The van der Waals surface area contributed by atoms with Crippen LogP contribution in [0.1, 0.15) is 26.7 Å². The lowest BCUT2D eigenvalue weighted by molar-refractivity contribution is -0.133. The smallest absolute Gasteiger partial charge is 0.223 e. The zero-order valence-electron chi connectivity index (χ0n) is 9.50. The Morgan fingerprint density at radius 3 is 2.31 bits per heavy atom. The van der Waals surface area contributed by atoms with Crippen LogP contribution in [-0.4, -0.2) is 49.4 Å². The number of carbonyl (C=O) groups excluding carboxylic acids is 1. The van der Waals surface area contributed by atoms with Gasteiger partial charge in [0.05, 0.1) is 0 Å². The Bertz CT molecular complexity index is 157. The first-order valence-electron chi connectivity index (χ1n) is 5.01. The van der Waals surface area contributed by atoms with Crippen molar-refractivity contribution in [3.05, 3.63) is 0 Å². The van der Waals surface area contributed by atoms with Crippen molar-refractivity contribution < 1.29 is 4.79 Å². The summed E-state index contributed by atoms with van der Waals surface area (Å²) in [6.45, 7) is 4.90. The maximum absolute atomic E-state index is 11.2. The molecule has 0 aromatic heterocycles. The number of carbonyl (C=O) groups is 1. The van der Waals surface area contributed by atoms with Crippen molar-refractivity contribution in [2.24, 2.45) is 0 Å². The minimum absolute atomic E-state index is 0.273. The summed E-state index contributed by atoms with van der Waals surface area (Å²) in [5, 5.41) is 0. The monoisotopic (exact) mass is 186 g/mol. The number of rotatable bonds is 1. The molecule has 3 nitrogen and oxygen atoms in total. The van der Waals surface area contributed by atoms with E-state index >= 15 is 0 Å². The van der Waals surface area contributed by atoms with Crippen LogP contribution in [-0.2, 0) is 4.79 Å². The summed E-state index contributed by atoms with van der Waals surface area (Å²) in [6.07, 6.45) is 1.79. The maximum Gasteiger partial charge on any atom is 0.223 e. The van der Waals surface area contributed by atoms with Gasteiger partial charge in [-0.1, -0.05) is 13.8 Å². The van der Waals surface area contributed by atoms with E-state index in [2.05, 4.69) is 4.90 Å². The van der Waals surface area contributed by atoms with Crippen molar-refractivity contribution in [2.75, 3.05) is 27.7 Å². The molecule has 0 saturated carbocycles. The lowest BCUT2D eigenvalue weighted by Gasteiger charge is -2.32. The van der Waals surface area contributed by atoms with E-state index in [1.54, 1.807) is 4.90 Å². The van der Waals surface area contributed by atoms with E-state index in [9.17, 15) is 4.79 Å². The van der Waals surface area contributed by atoms with Gasteiger partial charge in [0.1, 0.15) is 0 Å². The Kier molecular flexibility index (Phi) is 5.71. The standard InChI is InChI=1S/C8H16N2O.C2H6/c1-9(2)7-4-5-10(3)8(11)6-7;1-2/h7H,4-6H2,1-3H3;1-2H3. The molecule has 1 rings (SSSR count). The second-order valence-corrected chi connectivity index (χ2v) is 3.43. The summed E-state index contributed by atoms with van der Waals surface area (Å²) in [7, 11) is 5.93. The van der Waals surface area contributed by atoms with Gasteiger partial charge in [0.15, 0.2) is 0 Å². The van der Waals surface area contributed by atoms with Gasteiger partial charge in [-0.25, -0.2) is 0 Å². The molecular weight excluding hydrogens is 164 g/mol. The first-order valence-corrected chi connectivity index (χ1v) is 5.01. The number of amides is 1. The second-order valence-electron chi connectivity index (χ2n) is 3.43. The van der Waals surface area contributed by atoms with Crippen LogP contribution in [0.3, 0.4) is 0 Å². The van der Waals surface area contributed by atoms with Crippen LogP contribution in [0.4, 0.5) is 0 Å². The van der Waals surface area contributed by atoms with Crippen LogP contribution in [0.25, 0.3) is 0 Å². The van der Waals surface area contributed by atoms with Crippen LogP contribution in [0.5, 0.6) is 0 Å². The van der Waals surface area contributed by atoms with E-state index < -0.39 is 0 Å². The summed E-state index contributed by atoms with van der Waals surface area (Å²) in [4.78, 5) is 15.1. The largest absolute Gasteiger partial charge is 0.346 e. The molecule has 1 atom stereocenters. The van der Waals surface area contributed by atoms with E-state index in [-0.39, 0.29) is 5.91 Å². The zero-order valence-corrected chi connectivity index (χ0v) is 9.50. The molecule has 1 aliphatic rings. The lowest BCUT2D eigenvalue weighted by atomic mass is 10.0. The van der Waals surface area contributed by atoms with Gasteiger partial charge in [0.25, 0.3) is 0 Å². The highest BCUT2D eigenvalue weighted by molar-refractivity contribution is 5.77. The molecule has 78 valence electrons. The molecule has 1 amide bonds.